The second kappa shape index (κ2) is 8.23. The minimum absolute atomic E-state index is 0.195. The number of carbonyl (C=O) groups excluding carboxylic acids is 2. The monoisotopic (exact) mass is 366 g/mol. The van der Waals surface area contributed by atoms with E-state index >= 15 is 0 Å². The Morgan fingerprint density at radius 2 is 1.44 bits per heavy atom. The van der Waals surface area contributed by atoms with Gasteiger partial charge >= 0.3 is 0 Å². The predicted octanol–water partition coefficient (Wildman–Crippen LogP) is 4.15. The quantitative estimate of drug-likeness (QED) is 0.713. The number of rotatable bonds is 5. The third-order valence-electron chi connectivity index (χ3n) is 3.88. The summed E-state index contributed by atoms with van der Waals surface area (Å²) in [6, 6.07) is 18.1. The molecule has 0 saturated heterocycles. The number of amides is 2. The van der Waals surface area contributed by atoms with Gasteiger partial charge in [-0.15, -0.1) is 0 Å². The van der Waals surface area contributed by atoms with Crippen molar-refractivity contribution in [2.24, 2.45) is 0 Å². The maximum atomic E-state index is 13.6. The Morgan fingerprint density at radius 3 is 2.15 bits per heavy atom. The van der Waals surface area contributed by atoms with Crippen LogP contribution in [0.4, 0.5) is 14.5 Å². The van der Waals surface area contributed by atoms with Crippen LogP contribution < -0.4 is 10.6 Å². The van der Waals surface area contributed by atoms with Crippen molar-refractivity contribution in [2.75, 3.05) is 5.32 Å². The van der Waals surface area contributed by atoms with Crippen LogP contribution in [0.5, 0.6) is 0 Å². The average molecular weight is 366 g/mol. The normalized spacial score (nSPS) is 10.3. The van der Waals surface area contributed by atoms with E-state index in [2.05, 4.69) is 10.6 Å². The van der Waals surface area contributed by atoms with Crippen LogP contribution in [-0.2, 0) is 6.54 Å². The van der Waals surface area contributed by atoms with Gasteiger partial charge in [0, 0.05) is 23.7 Å². The van der Waals surface area contributed by atoms with Gasteiger partial charge in [0.15, 0.2) is 0 Å². The lowest BCUT2D eigenvalue weighted by molar-refractivity contribution is 0.0949. The summed E-state index contributed by atoms with van der Waals surface area (Å²) >= 11 is 0. The lowest BCUT2D eigenvalue weighted by Gasteiger charge is -2.08. The summed E-state index contributed by atoms with van der Waals surface area (Å²) in [4.78, 5) is 24.2. The molecule has 4 nitrogen and oxygen atoms in total. The van der Waals surface area contributed by atoms with Gasteiger partial charge in [-0.3, -0.25) is 9.59 Å². The predicted molar refractivity (Wildman–Crippen MR) is 98.4 cm³/mol. The summed E-state index contributed by atoms with van der Waals surface area (Å²) < 4.78 is 26.8. The summed E-state index contributed by atoms with van der Waals surface area (Å²) in [6.07, 6.45) is 0. The molecule has 136 valence electrons. The lowest BCUT2D eigenvalue weighted by atomic mass is 10.1. The molecule has 0 aliphatic rings. The molecule has 0 bridgehead atoms. The smallest absolute Gasteiger partial charge is 0.255 e. The molecule has 0 spiro atoms. The van der Waals surface area contributed by atoms with Crippen molar-refractivity contribution in [2.45, 2.75) is 6.54 Å². The number of hydrogen-bond acceptors (Lipinski definition) is 2. The molecule has 0 aliphatic heterocycles. The Balaban J connectivity index is 1.60. The molecule has 0 fully saturated rings. The van der Waals surface area contributed by atoms with E-state index < -0.39 is 17.5 Å². The Kier molecular flexibility index (Phi) is 5.56. The topological polar surface area (TPSA) is 58.2 Å². The first-order valence-corrected chi connectivity index (χ1v) is 8.21. The molecule has 0 saturated carbocycles. The minimum atomic E-state index is -0.718. The van der Waals surface area contributed by atoms with E-state index in [0.29, 0.717) is 12.1 Å². The maximum absolute atomic E-state index is 13.6. The van der Waals surface area contributed by atoms with Gasteiger partial charge in [0.1, 0.15) is 11.6 Å². The minimum Gasteiger partial charge on any atom is -0.348 e. The zero-order valence-corrected chi connectivity index (χ0v) is 14.2. The molecule has 2 amide bonds. The van der Waals surface area contributed by atoms with Crippen LogP contribution in [0.3, 0.4) is 0 Å². The Hall–Kier alpha value is -3.54. The third kappa shape index (κ3) is 4.76. The van der Waals surface area contributed by atoms with Crippen molar-refractivity contribution in [1.29, 1.82) is 0 Å². The fraction of sp³-hybridized carbons (Fsp3) is 0.0476. The molecular formula is C21H16F2N2O2. The summed E-state index contributed by atoms with van der Waals surface area (Å²) in [7, 11) is 0. The zero-order valence-electron chi connectivity index (χ0n) is 14.2. The molecular weight excluding hydrogens is 350 g/mol. The first kappa shape index (κ1) is 18.3. The number of carbonyl (C=O) groups is 2. The molecule has 27 heavy (non-hydrogen) atoms. The van der Waals surface area contributed by atoms with Crippen LogP contribution >= 0.6 is 0 Å². The van der Waals surface area contributed by atoms with Crippen LogP contribution in [0.25, 0.3) is 0 Å². The van der Waals surface area contributed by atoms with Crippen molar-refractivity contribution < 1.29 is 18.4 Å². The Labute approximate surface area is 154 Å². The van der Waals surface area contributed by atoms with Gasteiger partial charge in [-0.2, -0.15) is 0 Å². The van der Waals surface area contributed by atoms with Gasteiger partial charge in [-0.25, -0.2) is 8.78 Å². The SMILES string of the molecule is O=C(NCc1ccc(C(=O)Nc2cc(F)ccc2F)cc1)c1ccccc1. The molecule has 0 radical (unpaired) electrons. The summed E-state index contributed by atoms with van der Waals surface area (Å²) in [5.74, 6) is -2.11. The molecule has 0 heterocycles. The van der Waals surface area contributed by atoms with E-state index in [9.17, 15) is 18.4 Å². The first-order valence-electron chi connectivity index (χ1n) is 8.21. The molecule has 2 N–H and O–H groups in total. The van der Waals surface area contributed by atoms with E-state index in [1.54, 1.807) is 48.5 Å². The Morgan fingerprint density at radius 1 is 0.778 bits per heavy atom. The Bertz CT molecular complexity index is 958. The van der Waals surface area contributed by atoms with E-state index in [1.807, 2.05) is 6.07 Å². The highest BCUT2D eigenvalue weighted by atomic mass is 19.1. The molecule has 0 atom stereocenters. The number of nitrogens with one attached hydrogen (secondary N) is 2. The van der Waals surface area contributed by atoms with Crippen LogP contribution in [0.2, 0.25) is 0 Å². The van der Waals surface area contributed by atoms with Gasteiger partial charge < -0.3 is 10.6 Å². The fourth-order valence-electron chi connectivity index (χ4n) is 2.44. The number of hydrogen-bond donors (Lipinski definition) is 2. The first-order chi connectivity index (χ1) is 13.0. The largest absolute Gasteiger partial charge is 0.348 e. The molecule has 3 rings (SSSR count). The second-order valence-corrected chi connectivity index (χ2v) is 5.82. The second-order valence-electron chi connectivity index (χ2n) is 5.82. The summed E-state index contributed by atoms with van der Waals surface area (Å²) in [6.45, 7) is 0.300. The maximum Gasteiger partial charge on any atom is 0.255 e. The highest BCUT2D eigenvalue weighted by molar-refractivity contribution is 6.04. The highest BCUT2D eigenvalue weighted by Gasteiger charge is 2.11. The van der Waals surface area contributed by atoms with Crippen molar-refractivity contribution in [3.8, 4) is 0 Å². The molecule has 6 heteroatoms. The highest BCUT2D eigenvalue weighted by Crippen LogP contribution is 2.16. The number of halogens is 2. The standard InChI is InChI=1S/C21H16F2N2O2/c22-17-10-11-18(23)19(12-17)25-21(27)16-8-6-14(7-9-16)13-24-20(26)15-4-2-1-3-5-15/h1-12H,13H2,(H,24,26)(H,25,27). The van der Waals surface area contributed by atoms with Crippen molar-refractivity contribution >= 4 is 17.5 Å². The van der Waals surface area contributed by atoms with E-state index in [0.717, 1.165) is 23.8 Å². The molecule has 3 aromatic carbocycles. The fourth-order valence-corrected chi connectivity index (χ4v) is 2.44. The molecule has 0 aliphatic carbocycles. The third-order valence-corrected chi connectivity index (χ3v) is 3.88. The van der Waals surface area contributed by atoms with Crippen LogP contribution in [0, 0.1) is 11.6 Å². The van der Waals surface area contributed by atoms with Crippen molar-refractivity contribution in [1.82, 2.24) is 5.32 Å². The van der Waals surface area contributed by atoms with Gasteiger partial charge in [0.05, 0.1) is 5.69 Å². The lowest BCUT2D eigenvalue weighted by Crippen LogP contribution is -2.22. The van der Waals surface area contributed by atoms with Crippen LogP contribution in [0.15, 0.2) is 72.8 Å². The van der Waals surface area contributed by atoms with Gasteiger partial charge in [0.25, 0.3) is 11.8 Å². The average Bonchev–Trinajstić information content (AvgIpc) is 2.70. The number of anilines is 1. The van der Waals surface area contributed by atoms with Gasteiger partial charge in [-0.1, -0.05) is 30.3 Å². The van der Waals surface area contributed by atoms with E-state index in [-0.39, 0.29) is 17.2 Å². The molecule has 0 aromatic heterocycles. The summed E-state index contributed by atoms with van der Waals surface area (Å²) in [5, 5.41) is 5.12. The van der Waals surface area contributed by atoms with Gasteiger partial charge in [-0.05, 0) is 42.0 Å². The van der Waals surface area contributed by atoms with E-state index in [1.165, 1.54) is 0 Å². The molecule has 3 aromatic rings. The van der Waals surface area contributed by atoms with E-state index in [4.69, 9.17) is 0 Å². The summed E-state index contributed by atoms with van der Waals surface area (Å²) in [5.41, 5.74) is 1.43. The van der Waals surface area contributed by atoms with Crippen LogP contribution in [-0.4, -0.2) is 11.8 Å². The molecule has 0 unspecified atom stereocenters. The van der Waals surface area contributed by atoms with Crippen LogP contribution in [0.1, 0.15) is 26.3 Å². The zero-order chi connectivity index (χ0) is 19.2. The number of benzene rings is 3. The van der Waals surface area contributed by atoms with Gasteiger partial charge in [0.2, 0.25) is 0 Å². The van der Waals surface area contributed by atoms with Crippen molar-refractivity contribution in [3.05, 3.63) is 101 Å². The van der Waals surface area contributed by atoms with Crippen molar-refractivity contribution in [3.63, 3.8) is 0 Å².